The molecule has 2 N–H and O–H groups in total. The molecule has 0 bridgehead atoms. The van der Waals surface area contributed by atoms with Crippen LogP contribution in [0, 0.1) is 11.8 Å². The smallest absolute Gasteiger partial charge is 0.255 e. The van der Waals surface area contributed by atoms with Crippen LogP contribution in [0.5, 0.6) is 11.6 Å². The Morgan fingerprint density at radius 1 is 0.814 bits per heavy atom. The summed E-state index contributed by atoms with van der Waals surface area (Å²) in [6.07, 6.45) is 11.2. The lowest BCUT2D eigenvalue weighted by Gasteiger charge is -2.40. The van der Waals surface area contributed by atoms with Gasteiger partial charge in [-0.3, -0.25) is 24.7 Å². The van der Waals surface area contributed by atoms with E-state index in [1.54, 1.807) is 17.3 Å². The van der Waals surface area contributed by atoms with E-state index in [1.807, 2.05) is 60.9 Å². The van der Waals surface area contributed by atoms with Crippen LogP contribution in [0.4, 0.5) is 5.69 Å². The van der Waals surface area contributed by atoms with E-state index in [1.165, 1.54) is 0 Å². The van der Waals surface area contributed by atoms with Crippen LogP contribution in [-0.2, 0) is 20.9 Å². The highest BCUT2D eigenvalue weighted by atomic mass is 16.5. The maximum atomic E-state index is 13.0. The number of unbranched alkanes of at least 4 members (excludes halogenated alkanes) is 1. The second-order valence-corrected chi connectivity index (χ2v) is 15.6. The summed E-state index contributed by atoms with van der Waals surface area (Å²) in [5.41, 5.74) is 7.51. The van der Waals surface area contributed by atoms with E-state index in [2.05, 4.69) is 60.2 Å². The molecule has 13 heteroatoms. The molecule has 3 aliphatic heterocycles. The largest absolute Gasteiger partial charge is 0.489 e. The Kier molecular flexibility index (Phi) is 9.62. The minimum Gasteiger partial charge on any atom is -0.489 e. The maximum absolute atomic E-state index is 13.0. The topological polar surface area (TPSA) is 152 Å². The van der Waals surface area contributed by atoms with E-state index in [0.29, 0.717) is 43.1 Å². The molecule has 4 aromatic heterocycles. The average molecular weight is 788 g/mol. The molecule has 7 heterocycles. The molecular weight excluding hydrogens is 747 g/mol. The molecule has 1 atom stereocenters. The van der Waals surface area contributed by atoms with Gasteiger partial charge in [0.25, 0.3) is 5.91 Å². The number of piperidine rings is 1. The van der Waals surface area contributed by atoms with Gasteiger partial charge >= 0.3 is 0 Å². The summed E-state index contributed by atoms with van der Waals surface area (Å²) in [5.74, 6) is 6.82. The van der Waals surface area contributed by atoms with Crippen molar-refractivity contribution in [2.45, 2.75) is 69.4 Å². The third kappa shape index (κ3) is 7.55. The van der Waals surface area contributed by atoms with Gasteiger partial charge in [0.1, 0.15) is 29.7 Å². The number of H-pyrrole nitrogens is 1. The van der Waals surface area contributed by atoms with Gasteiger partial charge in [-0.1, -0.05) is 18.1 Å². The molecule has 1 unspecified atom stereocenters. The lowest BCUT2D eigenvalue weighted by molar-refractivity contribution is -0.136. The Labute approximate surface area is 340 Å². The summed E-state index contributed by atoms with van der Waals surface area (Å²) in [6.45, 7) is 2.55. The van der Waals surface area contributed by atoms with Crippen LogP contribution in [0.15, 0.2) is 91.5 Å². The summed E-state index contributed by atoms with van der Waals surface area (Å²) < 4.78 is 18.3. The monoisotopic (exact) mass is 787 g/mol. The molecule has 10 rings (SSSR count). The fourth-order valence-electron chi connectivity index (χ4n) is 8.22. The summed E-state index contributed by atoms with van der Waals surface area (Å²) >= 11 is 0. The van der Waals surface area contributed by atoms with Gasteiger partial charge in [0.15, 0.2) is 0 Å². The molecule has 1 saturated carbocycles. The first-order chi connectivity index (χ1) is 28.9. The number of benzene rings is 2. The Morgan fingerprint density at radius 2 is 1.69 bits per heavy atom. The van der Waals surface area contributed by atoms with Crippen LogP contribution >= 0.6 is 0 Å². The minimum absolute atomic E-state index is 0.0550. The molecule has 296 valence electrons. The number of carbonyl (C=O) groups is 3. The molecule has 2 aromatic carbocycles. The highest BCUT2D eigenvalue weighted by Gasteiger charge is 2.40. The quantitative estimate of drug-likeness (QED) is 0.0915. The molecule has 59 heavy (non-hydrogen) atoms. The van der Waals surface area contributed by atoms with Crippen LogP contribution in [0.1, 0.15) is 60.1 Å². The normalized spacial score (nSPS) is 20.1. The van der Waals surface area contributed by atoms with Gasteiger partial charge in [0, 0.05) is 115 Å². The summed E-state index contributed by atoms with van der Waals surface area (Å²) in [6, 6.07) is 21.3. The van der Waals surface area contributed by atoms with E-state index in [0.717, 1.165) is 82.3 Å². The number of aromatic amines is 1. The van der Waals surface area contributed by atoms with Crippen molar-refractivity contribution in [3.63, 3.8) is 0 Å². The average Bonchev–Trinajstić information content (AvgIpc) is 3.76. The number of carbonyl (C=O) groups excluding carboxylic acids is 3. The van der Waals surface area contributed by atoms with E-state index in [-0.39, 0.29) is 36.5 Å². The Hall–Kier alpha value is -6.78. The van der Waals surface area contributed by atoms with Gasteiger partial charge in [0.05, 0.1) is 12.3 Å². The molecule has 3 fully saturated rings. The fourth-order valence-corrected chi connectivity index (χ4v) is 8.22. The van der Waals surface area contributed by atoms with Crippen molar-refractivity contribution < 1.29 is 28.6 Å². The molecule has 2 saturated heterocycles. The number of anilines is 1. The van der Waals surface area contributed by atoms with Crippen LogP contribution in [0.3, 0.4) is 0 Å². The van der Waals surface area contributed by atoms with Crippen molar-refractivity contribution in [1.29, 1.82) is 0 Å². The molecule has 1 aliphatic carbocycles. The molecule has 13 nitrogen and oxygen atoms in total. The van der Waals surface area contributed by atoms with Gasteiger partial charge in [-0.25, -0.2) is 9.97 Å². The first kappa shape index (κ1) is 36.6. The van der Waals surface area contributed by atoms with Crippen molar-refractivity contribution in [2.24, 2.45) is 0 Å². The van der Waals surface area contributed by atoms with Gasteiger partial charge in [-0.05, 0) is 78.4 Å². The zero-order chi connectivity index (χ0) is 39.9. The van der Waals surface area contributed by atoms with Crippen molar-refractivity contribution >= 4 is 45.2 Å². The molecular formula is C46H41N7O6. The molecule has 0 radical (unpaired) electrons. The number of aromatic nitrogens is 4. The van der Waals surface area contributed by atoms with Crippen molar-refractivity contribution in [3.8, 4) is 34.6 Å². The number of pyridine rings is 3. The van der Waals surface area contributed by atoms with Crippen molar-refractivity contribution in [2.75, 3.05) is 24.6 Å². The van der Waals surface area contributed by atoms with E-state index < -0.39 is 11.9 Å². The SMILES string of the molecule is O=C1CCC(N2Cc3cc(N4CC(OCCCC#Cc5ccc(O[C@H]6C[C@H](Oc7ccc(-c8ccc9c(c8)[nH]c8ccncc89)cn7)C6)cn5)C4)ccc3C2=O)C(=O)N1. The summed E-state index contributed by atoms with van der Waals surface area (Å²) in [4.78, 5) is 57.5. The van der Waals surface area contributed by atoms with Gasteiger partial charge in [-0.2, -0.15) is 0 Å². The van der Waals surface area contributed by atoms with Crippen LogP contribution in [0.25, 0.3) is 32.9 Å². The maximum Gasteiger partial charge on any atom is 0.255 e. The van der Waals surface area contributed by atoms with Crippen molar-refractivity contribution in [1.82, 2.24) is 30.2 Å². The van der Waals surface area contributed by atoms with Crippen LogP contribution < -0.4 is 19.7 Å². The first-order valence-electron chi connectivity index (χ1n) is 20.1. The zero-order valence-electron chi connectivity index (χ0n) is 32.2. The summed E-state index contributed by atoms with van der Waals surface area (Å²) in [5, 5.41) is 4.62. The van der Waals surface area contributed by atoms with Gasteiger partial charge < -0.3 is 29.0 Å². The number of fused-ring (bicyclic) bond motifs is 4. The number of nitrogens with one attached hydrogen (secondary N) is 2. The summed E-state index contributed by atoms with van der Waals surface area (Å²) in [7, 11) is 0. The first-order valence-corrected chi connectivity index (χ1v) is 20.1. The lowest BCUT2D eigenvalue weighted by atomic mass is 9.92. The number of imide groups is 1. The number of ether oxygens (including phenoxy) is 3. The Bertz CT molecular complexity index is 2640. The molecule has 3 amide bonds. The van der Waals surface area contributed by atoms with Crippen LogP contribution in [0.2, 0.25) is 0 Å². The highest BCUT2D eigenvalue weighted by Crippen LogP contribution is 2.34. The molecule has 4 aliphatic rings. The van der Waals surface area contributed by atoms with E-state index in [4.69, 9.17) is 14.2 Å². The molecule has 6 aromatic rings. The second kappa shape index (κ2) is 15.5. The third-order valence-electron chi connectivity index (χ3n) is 11.6. The van der Waals surface area contributed by atoms with Crippen molar-refractivity contribution in [3.05, 3.63) is 108 Å². The van der Waals surface area contributed by atoms with Gasteiger partial charge in [-0.15, -0.1) is 0 Å². The number of amides is 3. The number of nitrogens with zero attached hydrogens (tertiary/aromatic N) is 5. The number of hydrogen-bond acceptors (Lipinski definition) is 10. The zero-order valence-corrected chi connectivity index (χ0v) is 32.2. The third-order valence-corrected chi connectivity index (χ3v) is 11.6. The standard InChI is InChI=1S/C46H41N7O6/c54-43-13-12-42(45(55)51-43)53-25-30-18-32(8-11-37(30)46(53)56)52-26-36(27-52)57-17-3-1-2-4-31-7-9-33(23-48-31)58-34-20-35(21-34)59-44-14-6-29(22-49-44)28-5-10-38-39-24-47-16-15-40(39)50-41(38)19-28/h5-11,14-16,18-19,22-24,34-36,42,50H,1,3,12-13,17,20-21,25-27H2,(H,51,54,55)/t34-,35-,42?. The number of hydrogen-bond donors (Lipinski definition) is 2. The van der Waals surface area contributed by atoms with Gasteiger partial charge in [0.2, 0.25) is 17.7 Å². The molecule has 0 spiro atoms. The predicted molar refractivity (Wildman–Crippen MR) is 220 cm³/mol. The second-order valence-electron chi connectivity index (χ2n) is 15.6. The lowest BCUT2D eigenvalue weighted by Crippen LogP contribution is -2.52. The highest BCUT2D eigenvalue weighted by molar-refractivity contribution is 6.08. The van der Waals surface area contributed by atoms with E-state index in [9.17, 15) is 14.4 Å². The van der Waals surface area contributed by atoms with Crippen LogP contribution in [-0.4, -0.2) is 86.6 Å². The Morgan fingerprint density at radius 3 is 2.53 bits per heavy atom. The fraction of sp³-hybridized carbons (Fsp3) is 0.304. The Balaban J connectivity index is 0.614. The van der Waals surface area contributed by atoms with E-state index >= 15 is 0 Å². The number of rotatable bonds is 11. The predicted octanol–water partition coefficient (Wildman–Crippen LogP) is 5.96. The minimum atomic E-state index is -0.610.